The van der Waals surface area contributed by atoms with Crippen LogP contribution in [0.4, 0.5) is 0 Å². The van der Waals surface area contributed by atoms with Gasteiger partial charge in [-0.15, -0.1) is 0 Å². The maximum Gasteiger partial charge on any atom is 0.313 e. The van der Waals surface area contributed by atoms with Gasteiger partial charge in [-0.05, 0) is 18.4 Å². The highest BCUT2D eigenvalue weighted by Crippen LogP contribution is 2.23. The van der Waals surface area contributed by atoms with E-state index in [0.29, 0.717) is 6.61 Å². The van der Waals surface area contributed by atoms with E-state index in [9.17, 15) is 4.79 Å². The van der Waals surface area contributed by atoms with Gasteiger partial charge in [-0.2, -0.15) is 0 Å². The minimum Gasteiger partial charge on any atom is -0.465 e. The van der Waals surface area contributed by atoms with Crippen LogP contribution in [0.1, 0.15) is 76.7 Å². The van der Waals surface area contributed by atoms with Gasteiger partial charge in [0.15, 0.2) is 0 Å². The molecule has 1 aromatic carbocycles. The lowest BCUT2D eigenvalue weighted by Gasteiger charge is -2.16. The van der Waals surface area contributed by atoms with Crippen LogP contribution in [0, 0.1) is 0 Å². The third kappa shape index (κ3) is 7.31. The van der Waals surface area contributed by atoms with E-state index in [1.807, 2.05) is 30.3 Å². The van der Waals surface area contributed by atoms with Gasteiger partial charge < -0.3 is 4.74 Å². The number of ether oxygens (including phenoxy) is 1. The quantitative estimate of drug-likeness (QED) is 0.399. The average Bonchev–Trinajstić information content (AvgIpc) is 2.52. The number of carbonyl (C=O) groups is 1. The topological polar surface area (TPSA) is 26.3 Å². The molecule has 0 aromatic heterocycles. The third-order valence-corrected chi connectivity index (χ3v) is 3.83. The maximum absolute atomic E-state index is 12.3. The summed E-state index contributed by atoms with van der Waals surface area (Å²) in [6.45, 7) is 4.93. The summed E-state index contributed by atoms with van der Waals surface area (Å²) < 4.78 is 5.50. The summed E-state index contributed by atoms with van der Waals surface area (Å²) in [4.78, 5) is 12.3. The van der Waals surface area contributed by atoms with Gasteiger partial charge in [0.25, 0.3) is 0 Å². The van der Waals surface area contributed by atoms with Crippen molar-refractivity contribution in [1.29, 1.82) is 0 Å². The van der Waals surface area contributed by atoms with E-state index in [1.54, 1.807) is 0 Å². The zero-order valence-electron chi connectivity index (χ0n) is 13.6. The van der Waals surface area contributed by atoms with Crippen molar-refractivity contribution in [1.82, 2.24) is 0 Å². The molecule has 0 aliphatic carbocycles. The Morgan fingerprint density at radius 3 is 2.29 bits per heavy atom. The van der Waals surface area contributed by atoms with Crippen LogP contribution < -0.4 is 0 Å². The van der Waals surface area contributed by atoms with Gasteiger partial charge in [0.1, 0.15) is 0 Å². The van der Waals surface area contributed by atoms with Crippen molar-refractivity contribution in [3.63, 3.8) is 0 Å². The molecule has 0 aliphatic rings. The largest absolute Gasteiger partial charge is 0.465 e. The third-order valence-electron chi connectivity index (χ3n) is 3.83. The van der Waals surface area contributed by atoms with Gasteiger partial charge >= 0.3 is 5.97 Å². The summed E-state index contributed by atoms with van der Waals surface area (Å²) in [5, 5.41) is 0. The molecule has 1 unspecified atom stereocenters. The van der Waals surface area contributed by atoms with Crippen LogP contribution >= 0.6 is 0 Å². The molecule has 0 fully saturated rings. The first-order chi connectivity index (χ1) is 10.3. The second-order valence-electron chi connectivity index (χ2n) is 5.69. The van der Waals surface area contributed by atoms with E-state index < -0.39 is 0 Å². The van der Waals surface area contributed by atoms with Crippen LogP contribution in [0.2, 0.25) is 0 Å². The summed E-state index contributed by atoms with van der Waals surface area (Å²) in [6.07, 6.45) is 8.96. The van der Waals surface area contributed by atoms with Crippen LogP contribution in [0.3, 0.4) is 0 Å². The number of esters is 1. The fourth-order valence-electron chi connectivity index (χ4n) is 2.49. The van der Waals surface area contributed by atoms with Gasteiger partial charge in [0.05, 0.1) is 12.5 Å². The SMILES string of the molecule is CCCCCCCOC(=O)C(CCCC)c1ccccc1. The molecular weight excluding hydrogens is 260 g/mol. The van der Waals surface area contributed by atoms with Crippen LogP contribution in [0.15, 0.2) is 30.3 Å². The van der Waals surface area contributed by atoms with Gasteiger partial charge in [-0.25, -0.2) is 0 Å². The van der Waals surface area contributed by atoms with E-state index in [2.05, 4.69) is 13.8 Å². The zero-order chi connectivity index (χ0) is 15.3. The molecule has 1 atom stereocenters. The number of rotatable bonds is 11. The first-order valence-corrected chi connectivity index (χ1v) is 8.51. The fraction of sp³-hybridized carbons (Fsp3) is 0.632. The smallest absolute Gasteiger partial charge is 0.313 e. The van der Waals surface area contributed by atoms with Crippen molar-refractivity contribution in [3.05, 3.63) is 35.9 Å². The summed E-state index contributed by atoms with van der Waals surface area (Å²) in [6, 6.07) is 10.0. The molecule has 2 nitrogen and oxygen atoms in total. The van der Waals surface area contributed by atoms with Crippen molar-refractivity contribution < 1.29 is 9.53 Å². The van der Waals surface area contributed by atoms with E-state index >= 15 is 0 Å². The first kappa shape index (κ1) is 17.7. The molecule has 0 radical (unpaired) electrons. The Bertz CT molecular complexity index is 372. The molecule has 0 aliphatic heterocycles. The Balaban J connectivity index is 2.41. The first-order valence-electron chi connectivity index (χ1n) is 8.51. The van der Waals surface area contributed by atoms with Gasteiger partial charge in [-0.3, -0.25) is 4.79 Å². The molecule has 0 spiro atoms. The Kier molecular flexibility index (Phi) is 9.60. The van der Waals surface area contributed by atoms with Gasteiger partial charge in [0.2, 0.25) is 0 Å². The number of hydrogen-bond acceptors (Lipinski definition) is 2. The van der Waals surface area contributed by atoms with Crippen molar-refractivity contribution >= 4 is 5.97 Å². The predicted molar refractivity (Wildman–Crippen MR) is 88.4 cm³/mol. The average molecular weight is 290 g/mol. The highest BCUT2D eigenvalue weighted by atomic mass is 16.5. The Morgan fingerprint density at radius 2 is 1.62 bits per heavy atom. The van der Waals surface area contributed by atoms with Crippen molar-refractivity contribution in [2.45, 2.75) is 71.1 Å². The molecule has 0 bridgehead atoms. The molecule has 0 heterocycles. The Labute approximate surface area is 129 Å². The predicted octanol–water partition coefficient (Wildman–Crippen LogP) is 5.47. The number of hydrogen-bond donors (Lipinski definition) is 0. The van der Waals surface area contributed by atoms with E-state index in [4.69, 9.17) is 4.74 Å². The molecule has 0 N–H and O–H groups in total. The molecule has 2 heteroatoms. The monoisotopic (exact) mass is 290 g/mol. The summed E-state index contributed by atoms with van der Waals surface area (Å²) in [5.41, 5.74) is 1.09. The maximum atomic E-state index is 12.3. The molecule has 21 heavy (non-hydrogen) atoms. The van der Waals surface area contributed by atoms with E-state index in [-0.39, 0.29) is 11.9 Å². The fourth-order valence-corrected chi connectivity index (χ4v) is 2.49. The summed E-state index contributed by atoms with van der Waals surface area (Å²) in [5.74, 6) is -0.146. The van der Waals surface area contributed by atoms with Crippen LogP contribution in [0.5, 0.6) is 0 Å². The lowest BCUT2D eigenvalue weighted by atomic mass is 9.94. The van der Waals surface area contributed by atoms with Gasteiger partial charge in [-0.1, -0.05) is 82.7 Å². The molecule has 0 saturated carbocycles. The number of carbonyl (C=O) groups excluding carboxylic acids is 1. The van der Waals surface area contributed by atoms with Gasteiger partial charge in [0, 0.05) is 0 Å². The summed E-state index contributed by atoms with van der Waals surface area (Å²) in [7, 11) is 0. The second-order valence-corrected chi connectivity index (χ2v) is 5.69. The standard InChI is InChI=1S/C19H30O2/c1-3-5-7-8-12-16-21-19(20)18(15-6-4-2)17-13-10-9-11-14-17/h9-11,13-14,18H,3-8,12,15-16H2,1-2H3. The van der Waals surface area contributed by atoms with Crippen LogP contribution in [-0.4, -0.2) is 12.6 Å². The molecule has 1 rings (SSSR count). The highest BCUT2D eigenvalue weighted by molar-refractivity contribution is 5.78. The molecule has 0 amide bonds. The van der Waals surface area contributed by atoms with E-state index in [0.717, 1.165) is 37.7 Å². The molecule has 1 aromatic rings. The normalized spacial score (nSPS) is 12.1. The number of benzene rings is 1. The molecule has 118 valence electrons. The van der Waals surface area contributed by atoms with Crippen molar-refractivity contribution in [3.8, 4) is 0 Å². The van der Waals surface area contributed by atoms with Crippen molar-refractivity contribution in [2.75, 3.05) is 6.61 Å². The zero-order valence-corrected chi connectivity index (χ0v) is 13.6. The lowest BCUT2D eigenvalue weighted by Crippen LogP contribution is -2.17. The number of unbranched alkanes of at least 4 members (excludes halogenated alkanes) is 5. The lowest BCUT2D eigenvalue weighted by molar-refractivity contribution is -0.145. The minimum absolute atomic E-state index is 0.0508. The minimum atomic E-state index is -0.0956. The molecular formula is C19H30O2. The summed E-state index contributed by atoms with van der Waals surface area (Å²) >= 11 is 0. The van der Waals surface area contributed by atoms with Crippen LogP contribution in [0.25, 0.3) is 0 Å². The highest BCUT2D eigenvalue weighted by Gasteiger charge is 2.21. The molecule has 0 saturated heterocycles. The van der Waals surface area contributed by atoms with Crippen LogP contribution in [-0.2, 0) is 9.53 Å². The Hall–Kier alpha value is -1.31. The Morgan fingerprint density at radius 1 is 0.952 bits per heavy atom. The van der Waals surface area contributed by atoms with E-state index in [1.165, 1.54) is 19.3 Å². The van der Waals surface area contributed by atoms with Crippen molar-refractivity contribution in [2.24, 2.45) is 0 Å². The second kappa shape index (κ2) is 11.4.